The molecule has 1 saturated heterocycles. The van der Waals surface area contributed by atoms with Gasteiger partial charge in [-0.2, -0.15) is 0 Å². The van der Waals surface area contributed by atoms with Crippen molar-refractivity contribution in [2.45, 2.75) is 0 Å². The summed E-state index contributed by atoms with van der Waals surface area (Å²) in [5.41, 5.74) is 0.473. The highest BCUT2D eigenvalue weighted by molar-refractivity contribution is 5.48. The third-order valence-corrected chi connectivity index (χ3v) is 2.31. The fourth-order valence-electron chi connectivity index (χ4n) is 1.59. The first-order chi connectivity index (χ1) is 6.77. The molecule has 0 bridgehead atoms. The lowest BCUT2D eigenvalue weighted by atomic mass is 10.2. The van der Waals surface area contributed by atoms with Crippen LogP contribution in [0.15, 0.2) is 18.2 Å². The van der Waals surface area contributed by atoms with Gasteiger partial charge < -0.3 is 4.90 Å². The molecule has 1 aromatic rings. The molecule has 0 atom stereocenters. The summed E-state index contributed by atoms with van der Waals surface area (Å²) in [6.45, 7) is 2.86. The van der Waals surface area contributed by atoms with Gasteiger partial charge in [-0.25, -0.2) is 14.1 Å². The van der Waals surface area contributed by atoms with Gasteiger partial charge in [0.25, 0.3) is 0 Å². The summed E-state index contributed by atoms with van der Waals surface area (Å²) in [6, 6.07) is 3.68. The first-order valence-corrected chi connectivity index (χ1v) is 4.60. The van der Waals surface area contributed by atoms with Crippen LogP contribution in [0.1, 0.15) is 0 Å². The lowest BCUT2D eigenvalue weighted by Crippen LogP contribution is -2.40. The molecule has 0 amide bonds. The van der Waals surface area contributed by atoms with Crippen LogP contribution in [0.3, 0.4) is 0 Å². The maximum Gasteiger partial charge on any atom is 0.149 e. The van der Waals surface area contributed by atoms with Crippen LogP contribution in [-0.2, 0) is 0 Å². The zero-order valence-electron chi connectivity index (χ0n) is 7.71. The second-order valence-electron chi connectivity index (χ2n) is 3.25. The van der Waals surface area contributed by atoms with Gasteiger partial charge >= 0.3 is 0 Å². The van der Waals surface area contributed by atoms with E-state index in [0.717, 1.165) is 19.2 Å². The molecule has 1 aliphatic rings. The Hall–Kier alpha value is -1.16. The Morgan fingerprint density at radius 1 is 1.14 bits per heavy atom. The average Bonchev–Trinajstić information content (AvgIpc) is 2.19. The first kappa shape index (κ1) is 9.40. The van der Waals surface area contributed by atoms with E-state index < -0.39 is 11.6 Å². The summed E-state index contributed by atoms with van der Waals surface area (Å²) in [6.07, 6.45) is 0. The SMILES string of the molecule is Fc1ccc(N2CC[N]CC2)c(F)c1. The van der Waals surface area contributed by atoms with E-state index in [1.165, 1.54) is 12.1 Å². The van der Waals surface area contributed by atoms with Crippen LogP contribution in [-0.4, -0.2) is 26.2 Å². The van der Waals surface area contributed by atoms with Crippen molar-refractivity contribution >= 4 is 5.69 Å². The molecule has 0 aliphatic carbocycles. The lowest BCUT2D eigenvalue weighted by Gasteiger charge is -2.28. The molecular weight excluding hydrogens is 186 g/mol. The molecule has 0 aromatic heterocycles. The number of hydrogen-bond acceptors (Lipinski definition) is 1. The summed E-state index contributed by atoms with van der Waals surface area (Å²) < 4.78 is 26.0. The predicted molar refractivity (Wildman–Crippen MR) is 50.4 cm³/mol. The molecule has 1 aromatic carbocycles. The normalized spacial score (nSPS) is 17.1. The number of rotatable bonds is 1. The lowest BCUT2D eigenvalue weighted by molar-refractivity contribution is 0.549. The molecule has 2 rings (SSSR count). The number of piperazine rings is 1. The molecule has 0 unspecified atom stereocenters. The molecule has 0 saturated carbocycles. The van der Waals surface area contributed by atoms with Gasteiger partial charge in [-0.1, -0.05) is 0 Å². The van der Waals surface area contributed by atoms with E-state index in [1.807, 2.05) is 4.90 Å². The van der Waals surface area contributed by atoms with E-state index in [9.17, 15) is 8.78 Å². The maximum atomic E-state index is 13.3. The van der Waals surface area contributed by atoms with Crippen LogP contribution in [0.2, 0.25) is 0 Å². The van der Waals surface area contributed by atoms with Crippen LogP contribution in [0, 0.1) is 11.6 Å². The number of benzene rings is 1. The van der Waals surface area contributed by atoms with Crippen molar-refractivity contribution in [3.63, 3.8) is 0 Å². The van der Waals surface area contributed by atoms with Crippen molar-refractivity contribution in [1.82, 2.24) is 5.32 Å². The van der Waals surface area contributed by atoms with Gasteiger partial charge in [0.2, 0.25) is 0 Å². The van der Waals surface area contributed by atoms with Gasteiger partial charge in [-0.05, 0) is 12.1 Å². The largest absolute Gasteiger partial charge is 0.366 e. The monoisotopic (exact) mass is 197 g/mol. The Balaban J connectivity index is 2.22. The first-order valence-electron chi connectivity index (χ1n) is 4.60. The van der Waals surface area contributed by atoms with Crippen molar-refractivity contribution in [3.8, 4) is 0 Å². The molecule has 0 N–H and O–H groups in total. The Kier molecular flexibility index (Phi) is 2.63. The Labute approximate surface area is 81.5 Å². The number of halogens is 2. The van der Waals surface area contributed by atoms with Crippen molar-refractivity contribution < 1.29 is 8.78 Å². The fraction of sp³-hybridized carbons (Fsp3) is 0.400. The van der Waals surface area contributed by atoms with Crippen molar-refractivity contribution in [2.24, 2.45) is 0 Å². The zero-order chi connectivity index (χ0) is 9.97. The molecule has 1 fully saturated rings. The highest BCUT2D eigenvalue weighted by Crippen LogP contribution is 2.20. The van der Waals surface area contributed by atoms with Gasteiger partial charge in [0.1, 0.15) is 11.6 Å². The van der Waals surface area contributed by atoms with Gasteiger partial charge in [0.15, 0.2) is 0 Å². The second-order valence-corrected chi connectivity index (χ2v) is 3.25. The second kappa shape index (κ2) is 3.92. The maximum absolute atomic E-state index is 13.3. The molecular formula is C10H11F2N2. The Bertz CT molecular complexity index is 322. The predicted octanol–water partition coefficient (Wildman–Crippen LogP) is 1.39. The van der Waals surface area contributed by atoms with Gasteiger partial charge in [-0.15, -0.1) is 0 Å². The summed E-state index contributed by atoms with van der Waals surface area (Å²) in [5, 5.41) is 4.16. The van der Waals surface area contributed by atoms with Gasteiger partial charge in [0.05, 0.1) is 5.69 Å². The van der Waals surface area contributed by atoms with E-state index in [-0.39, 0.29) is 0 Å². The standard InChI is InChI=1S/C10H11F2N2/c11-8-1-2-10(9(12)7-8)14-5-3-13-4-6-14/h1-2,7H,3-6H2. The summed E-state index contributed by atoms with van der Waals surface area (Å²) >= 11 is 0. The topological polar surface area (TPSA) is 17.3 Å². The zero-order valence-corrected chi connectivity index (χ0v) is 7.71. The van der Waals surface area contributed by atoms with E-state index in [2.05, 4.69) is 5.32 Å². The minimum Gasteiger partial charge on any atom is -0.366 e. The molecule has 14 heavy (non-hydrogen) atoms. The van der Waals surface area contributed by atoms with Crippen molar-refractivity contribution in [2.75, 3.05) is 31.1 Å². The quantitative estimate of drug-likeness (QED) is 0.665. The Morgan fingerprint density at radius 2 is 1.86 bits per heavy atom. The van der Waals surface area contributed by atoms with E-state index in [1.54, 1.807) is 0 Å². The van der Waals surface area contributed by atoms with Crippen LogP contribution >= 0.6 is 0 Å². The van der Waals surface area contributed by atoms with E-state index >= 15 is 0 Å². The van der Waals surface area contributed by atoms with Crippen LogP contribution in [0.5, 0.6) is 0 Å². The molecule has 0 spiro atoms. The molecule has 2 nitrogen and oxygen atoms in total. The molecule has 1 radical (unpaired) electrons. The average molecular weight is 197 g/mol. The molecule has 1 heterocycles. The third kappa shape index (κ3) is 1.85. The Morgan fingerprint density at radius 3 is 2.50 bits per heavy atom. The third-order valence-electron chi connectivity index (χ3n) is 2.31. The van der Waals surface area contributed by atoms with Crippen molar-refractivity contribution in [1.29, 1.82) is 0 Å². The molecule has 75 valence electrons. The highest BCUT2D eigenvalue weighted by Gasteiger charge is 2.14. The van der Waals surface area contributed by atoms with Crippen LogP contribution in [0.4, 0.5) is 14.5 Å². The summed E-state index contributed by atoms with van der Waals surface area (Å²) in [7, 11) is 0. The number of nitrogens with zero attached hydrogens (tertiary/aromatic N) is 2. The summed E-state index contributed by atoms with van der Waals surface area (Å²) in [5.74, 6) is -1.03. The fourth-order valence-corrected chi connectivity index (χ4v) is 1.59. The van der Waals surface area contributed by atoms with Crippen LogP contribution < -0.4 is 10.2 Å². The van der Waals surface area contributed by atoms with Gasteiger partial charge in [0, 0.05) is 32.2 Å². The minimum atomic E-state index is -0.534. The van der Waals surface area contributed by atoms with E-state index in [0.29, 0.717) is 18.8 Å². The van der Waals surface area contributed by atoms with Crippen LogP contribution in [0.25, 0.3) is 0 Å². The summed E-state index contributed by atoms with van der Waals surface area (Å²) in [4.78, 5) is 1.89. The minimum absolute atomic E-state index is 0.473. The van der Waals surface area contributed by atoms with Crippen molar-refractivity contribution in [3.05, 3.63) is 29.8 Å². The molecule has 4 heteroatoms. The number of anilines is 1. The molecule has 1 aliphatic heterocycles. The van der Waals surface area contributed by atoms with E-state index in [4.69, 9.17) is 0 Å². The van der Waals surface area contributed by atoms with Gasteiger partial charge in [-0.3, -0.25) is 0 Å². The smallest absolute Gasteiger partial charge is 0.149 e. The highest BCUT2D eigenvalue weighted by atomic mass is 19.1. The number of hydrogen-bond donors (Lipinski definition) is 0.